The fraction of sp³-hybridized carbons (Fsp3) is 0.389. The summed E-state index contributed by atoms with van der Waals surface area (Å²) in [7, 11) is 0. The van der Waals surface area contributed by atoms with Crippen molar-refractivity contribution < 1.29 is 23.1 Å². The van der Waals surface area contributed by atoms with Gasteiger partial charge in [-0.15, -0.1) is 0 Å². The Labute approximate surface area is 181 Å². The van der Waals surface area contributed by atoms with Crippen LogP contribution in [-0.2, 0) is 6.61 Å². The number of benzene rings is 1. The van der Waals surface area contributed by atoms with Crippen molar-refractivity contribution in [2.24, 2.45) is 5.73 Å². The first-order valence-electron chi connectivity index (χ1n) is 9.03. The first kappa shape index (κ1) is 23.8. The van der Waals surface area contributed by atoms with E-state index in [4.69, 9.17) is 22.1 Å². The molecule has 30 heavy (non-hydrogen) atoms. The Kier molecular flexibility index (Phi) is 8.75. The van der Waals surface area contributed by atoms with Crippen LogP contribution in [0.15, 0.2) is 12.1 Å². The standard InChI is InChI=1S/C18H22ClF2N5O3S/c1-9(2)23-4-3-5-24-18(28)25-17-14(15(22)27)16(26-30-17)29-8-10-6-13(21)11(19)7-12(10)20/h6-7,9,23H,3-5,8H2,1-2H3,(H2,22,27)(H2,24,25,28). The number of nitrogens with two attached hydrogens (primary N) is 1. The minimum atomic E-state index is -0.891. The Morgan fingerprint density at radius 1 is 1.27 bits per heavy atom. The lowest BCUT2D eigenvalue weighted by Crippen LogP contribution is -2.32. The molecule has 0 radical (unpaired) electrons. The van der Waals surface area contributed by atoms with Crippen molar-refractivity contribution >= 4 is 40.1 Å². The van der Waals surface area contributed by atoms with Crippen LogP contribution in [0.25, 0.3) is 0 Å². The maximum Gasteiger partial charge on any atom is 0.319 e. The third kappa shape index (κ3) is 6.78. The van der Waals surface area contributed by atoms with E-state index >= 15 is 0 Å². The number of amides is 3. The molecule has 0 bridgehead atoms. The van der Waals surface area contributed by atoms with E-state index in [1.807, 2.05) is 13.8 Å². The fourth-order valence-corrected chi connectivity index (χ4v) is 3.21. The molecule has 3 amide bonds. The minimum absolute atomic E-state index is 0.0815. The Bertz CT molecular complexity index is 910. The van der Waals surface area contributed by atoms with E-state index in [2.05, 4.69) is 20.3 Å². The van der Waals surface area contributed by atoms with Crippen LogP contribution in [0, 0.1) is 11.6 Å². The Morgan fingerprint density at radius 2 is 2.00 bits per heavy atom. The van der Waals surface area contributed by atoms with Gasteiger partial charge in [0.1, 0.15) is 28.8 Å². The predicted molar refractivity (Wildman–Crippen MR) is 111 cm³/mol. The van der Waals surface area contributed by atoms with Crippen molar-refractivity contribution in [1.29, 1.82) is 0 Å². The number of urea groups is 1. The number of aromatic nitrogens is 1. The van der Waals surface area contributed by atoms with E-state index in [1.54, 1.807) is 0 Å². The number of carbonyl (C=O) groups is 2. The van der Waals surface area contributed by atoms with E-state index in [0.29, 0.717) is 19.0 Å². The zero-order valence-corrected chi connectivity index (χ0v) is 17.9. The molecule has 1 heterocycles. The van der Waals surface area contributed by atoms with Crippen LogP contribution in [0.3, 0.4) is 0 Å². The summed E-state index contributed by atoms with van der Waals surface area (Å²) in [4.78, 5) is 23.8. The van der Waals surface area contributed by atoms with Gasteiger partial charge in [-0.2, -0.15) is 4.37 Å². The number of nitrogens with zero attached hydrogens (tertiary/aromatic N) is 1. The van der Waals surface area contributed by atoms with Gasteiger partial charge in [0.2, 0.25) is 5.88 Å². The average molecular weight is 462 g/mol. The van der Waals surface area contributed by atoms with Crippen LogP contribution in [0.1, 0.15) is 36.2 Å². The molecule has 0 unspecified atom stereocenters. The second kappa shape index (κ2) is 11.0. The molecular formula is C18H22ClF2N5O3S. The molecule has 0 saturated heterocycles. The lowest BCUT2D eigenvalue weighted by atomic mass is 10.2. The lowest BCUT2D eigenvalue weighted by molar-refractivity contribution is 0.0996. The van der Waals surface area contributed by atoms with Crippen LogP contribution < -0.4 is 26.4 Å². The highest BCUT2D eigenvalue weighted by atomic mass is 35.5. The number of halogens is 3. The van der Waals surface area contributed by atoms with Gasteiger partial charge in [0.15, 0.2) is 0 Å². The summed E-state index contributed by atoms with van der Waals surface area (Å²) in [5, 5.41) is 8.08. The van der Waals surface area contributed by atoms with Crippen molar-refractivity contribution in [2.45, 2.75) is 32.9 Å². The Balaban J connectivity index is 1.98. The Morgan fingerprint density at radius 3 is 2.67 bits per heavy atom. The van der Waals surface area contributed by atoms with Gasteiger partial charge in [0.05, 0.1) is 5.02 Å². The van der Waals surface area contributed by atoms with Crippen LogP contribution in [0.2, 0.25) is 5.02 Å². The van der Waals surface area contributed by atoms with Crippen molar-refractivity contribution in [1.82, 2.24) is 15.0 Å². The van der Waals surface area contributed by atoms with Gasteiger partial charge in [-0.25, -0.2) is 13.6 Å². The molecule has 0 aliphatic heterocycles. The largest absolute Gasteiger partial charge is 0.471 e. The molecule has 164 valence electrons. The normalized spacial score (nSPS) is 10.9. The second-order valence-electron chi connectivity index (χ2n) is 6.55. The summed E-state index contributed by atoms with van der Waals surface area (Å²) in [5.41, 5.74) is 5.08. The van der Waals surface area contributed by atoms with Gasteiger partial charge in [-0.3, -0.25) is 10.1 Å². The topological polar surface area (TPSA) is 118 Å². The maximum atomic E-state index is 13.9. The van der Waals surface area contributed by atoms with Crippen LogP contribution in [0.5, 0.6) is 5.88 Å². The number of primary amides is 1. The SMILES string of the molecule is CC(C)NCCCNC(=O)Nc1snc(OCc2cc(F)c(Cl)cc2F)c1C(N)=O. The molecule has 0 atom stereocenters. The highest BCUT2D eigenvalue weighted by molar-refractivity contribution is 7.11. The van der Waals surface area contributed by atoms with Gasteiger partial charge in [-0.1, -0.05) is 25.4 Å². The van der Waals surface area contributed by atoms with Crippen LogP contribution in [-0.4, -0.2) is 35.4 Å². The van der Waals surface area contributed by atoms with Crippen molar-refractivity contribution in [2.75, 3.05) is 18.4 Å². The average Bonchev–Trinajstić information content (AvgIpc) is 3.05. The van der Waals surface area contributed by atoms with E-state index in [0.717, 1.165) is 30.2 Å². The monoisotopic (exact) mass is 461 g/mol. The number of hydrogen-bond donors (Lipinski definition) is 4. The third-order valence-corrected chi connectivity index (χ3v) is 4.82. The molecule has 1 aromatic carbocycles. The first-order valence-corrected chi connectivity index (χ1v) is 10.2. The first-order chi connectivity index (χ1) is 14.2. The molecule has 0 saturated carbocycles. The lowest BCUT2D eigenvalue weighted by Gasteiger charge is -2.10. The molecule has 12 heteroatoms. The highest BCUT2D eigenvalue weighted by Gasteiger charge is 2.22. The molecule has 5 N–H and O–H groups in total. The molecule has 0 aliphatic rings. The molecule has 2 rings (SSSR count). The maximum absolute atomic E-state index is 13.9. The van der Waals surface area contributed by atoms with Crippen molar-refractivity contribution in [3.63, 3.8) is 0 Å². The van der Waals surface area contributed by atoms with Gasteiger partial charge < -0.3 is 21.1 Å². The summed E-state index contributed by atoms with van der Waals surface area (Å²) < 4.78 is 36.7. The predicted octanol–water partition coefficient (Wildman–Crippen LogP) is 3.26. The summed E-state index contributed by atoms with van der Waals surface area (Å²) >= 11 is 6.29. The van der Waals surface area contributed by atoms with E-state index < -0.39 is 30.2 Å². The third-order valence-electron chi connectivity index (χ3n) is 3.78. The number of anilines is 1. The van der Waals surface area contributed by atoms with E-state index in [-0.39, 0.29) is 27.0 Å². The number of carbonyl (C=O) groups excluding carboxylic acids is 2. The van der Waals surface area contributed by atoms with Crippen molar-refractivity contribution in [3.8, 4) is 5.88 Å². The second-order valence-corrected chi connectivity index (χ2v) is 7.73. The Hall–Kier alpha value is -2.50. The molecule has 2 aromatic rings. The zero-order chi connectivity index (χ0) is 22.3. The molecule has 0 aliphatic carbocycles. The zero-order valence-electron chi connectivity index (χ0n) is 16.4. The van der Waals surface area contributed by atoms with Gasteiger partial charge >= 0.3 is 6.03 Å². The van der Waals surface area contributed by atoms with Gasteiger partial charge in [0, 0.05) is 18.2 Å². The fourth-order valence-electron chi connectivity index (χ4n) is 2.33. The van der Waals surface area contributed by atoms with Crippen LogP contribution >= 0.6 is 23.1 Å². The summed E-state index contributed by atoms with van der Waals surface area (Å²) in [5.74, 6) is -2.67. The number of hydrogen-bond acceptors (Lipinski definition) is 6. The number of rotatable bonds is 10. The highest BCUT2D eigenvalue weighted by Crippen LogP contribution is 2.31. The molecule has 0 spiro atoms. The molecule has 1 aromatic heterocycles. The van der Waals surface area contributed by atoms with E-state index in [1.165, 1.54) is 0 Å². The van der Waals surface area contributed by atoms with Gasteiger partial charge in [0.25, 0.3) is 5.91 Å². The smallest absolute Gasteiger partial charge is 0.319 e. The molecular weight excluding hydrogens is 440 g/mol. The van der Waals surface area contributed by atoms with Gasteiger partial charge in [-0.05, 0) is 36.6 Å². The van der Waals surface area contributed by atoms with Crippen LogP contribution in [0.4, 0.5) is 18.6 Å². The summed E-state index contributed by atoms with van der Waals surface area (Å²) in [6.07, 6.45) is 0.717. The number of nitrogens with one attached hydrogen (secondary N) is 3. The molecule has 0 fully saturated rings. The minimum Gasteiger partial charge on any atom is -0.471 e. The van der Waals surface area contributed by atoms with Crippen molar-refractivity contribution in [3.05, 3.63) is 39.9 Å². The number of ether oxygens (including phenoxy) is 1. The summed E-state index contributed by atoms with van der Waals surface area (Å²) in [6.45, 7) is 4.78. The van der Waals surface area contributed by atoms with E-state index in [9.17, 15) is 18.4 Å². The quantitative estimate of drug-likeness (QED) is 0.320. The molecule has 8 nitrogen and oxygen atoms in total. The summed E-state index contributed by atoms with van der Waals surface area (Å²) in [6, 6.07) is 1.52.